The van der Waals surface area contributed by atoms with E-state index in [-0.39, 0.29) is 15.1 Å². The van der Waals surface area contributed by atoms with Gasteiger partial charge in [0.25, 0.3) is 0 Å². The predicted octanol–water partition coefficient (Wildman–Crippen LogP) is 5.92. The summed E-state index contributed by atoms with van der Waals surface area (Å²) in [5, 5.41) is 0.549. The summed E-state index contributed by atoms with van der Waals surface area (Å²) in [6.45, 7) is 0. The molecule has 3 rings (SSSR count). The minimum Gasteiger partial charge on any atom is -0.741 e. The molecule has 0 spiro atoms. The molecule has 1 aromatic heterocycles. The number of hydrogen-bond acceptors (Lipinski definition) is 3. The van der Waals surface area contributed by atoms with Gasteiger partial charge in [0.2, 0.25) is 0 Å². The number of alkyl halides is 6. The van der Waals surface area contributed by atoms with E-state index in [9.17, 15) is 30.7 Å². The lowest BCUT2D eigenvalue weighted by atomic mass is 10.1. The van der Waals surface area contributed by atoms with Gasteiger partial charge < -0.3 is 4.55 Å². The fourth-order valence-corrected chi connectivity index (χ4v) is 4.12. The van der Waals surface area contributed by atoms with Crippen LogP contribution in [0, 0.1) is 5.82 Å². The van der Waals surface area contributed by atoms with Crippen molar-refractivity contribution in [3.63, 3.8) is 0 Å². The molecule has 12 heteroatoms. The van der Waals surface area contributed by atoms with Gasteiger partial charge in [-0.3, -0.25) is 0 Å². The van der Waals surface area contributed by atoms with Crippen molar-refractivity contribution in [2.75, 3.05) is 0 Å². The lowest BCUT2D eigenvalue weighted by Gasteiger charge is -2.08. The van der Waals surface area contributed by atoms with Crippen molar-refractivity contribution < 1.29 is 43.7 Å². The number of thiophene rings is 1. The number of fused-ring (bicyclic) bond motifs is 1. The van der Waals surface area contributed by atoms with E-state index in [1.54, 1.807) is 18.2 Å². The van der Waals surface area contributed by atoms with Crippen LogP contribution in [0.2, 0.25) is 0 Å². The van der Waals surface area contributed by atoms with Crippen molar-refractivity contribution >= 4 is 30.7 Å². The molecule has 0 fully saturated rings. The maximum Gasteiger partial charge on any atom is 0.601 e. The molecular formula is C16H9F7O3S2. The predicted molar refractivity (Wildman–Crippen MR) is 88.9 cm³/mol. The molecule has 28 heavy (non-hydrogen) atoms. The average Bonchev–Trinajstić information content (AvgIpc) is 2.93. The SMILES string of the molecule is Fc1cccc(-c2cc3ccccc3[s+]2C(F)(F)F)c1.O=S(=O)([O-])C(F)(F)F. The third-order valence-corrected chi connectivity index (χ3v) is 5.90. The first-order chi connectivity index (χ1) is 12.7. The van der Waals surface area contributed by atoms with E-state index in [4.69, 9.17) is 13.0 Å². The summed E-state index contributed by atoms with van der Waals surface area (Å²) in [6, 6.07) is 13.2. The Labute approximate surface area is 156 Å². The summed E-state index contributed by atoms with van der Waals surface area (Å²) in [5.74, 6) is -0.537. The molecule has 0 aliphatic heterocycles. The maximum atomic E-state index is 13.4. The second-order valence-corrected chi connectivity index (χ2v) is 8.53. The van der Waals surface area contributed by atoms with Gasteiger partial charge >= 0.3 is 11.0 Å². The summed E-state index contributed by atoms with van der Waals surface area (Å²) >= 11 is 0. The van der Waals surface area contributed by atoms with Crippen LogP contribution in [0.4, 0.5) is 30.7 Å². The zero-order chi connectivity index (χ0) is 21.3. The Morgan fingerprint density at radius 2 is 1.43 bits per heavy atom. The van der Waals surface area contributed by atoms with Gasteiger partial charge in [-0.1, -0.05) is 18.2 Å². The zero-order valence-electron chi connectivity index (χ0n) is 13.4. The highest BCUT2D eigenvalue weighted by Crippen LogP contribution is 2.54. The lowest BCUT2D eigenvalue weighted by Crippen LogP contribution is -2.21. The minimum absolute atomic E-state index is 0.123. The summed E-state index contributed by atoms with van der Waals surface area (Å²) in [5.41, 5.74) is -9.74. The quantitative estimate of drug-likeness (QED) is 0.202. The Balaban J connectivity index is 0.000000300. The van der Waals surface area contributed by atoms with Crippen LogP contribution in [0.1, 0.15) is 0 Å². The molecule has 0 radical (unpaired) electrons. The molecule has 0 saturated carbocycles. The zero-order valence-corrected chi connectivity index (χ0v) is 15.0. The number of benzene rings is 2. The van der Waals surface area contributed by atoms with Gasteiger partial charge in [0.1, 0.15) is 16.3 Å². The summed E-state index contributed by atoms with van der Waals surface area (Å²) in [4.78, 5) is 0.123. The molecule has 0 N–H and O–H groups in total. The average molecular weight is 446 g/mol. The Morgan fingerprint density at radius 3 is 1.93 bits per heavy atom. The summed E-state index contributed by atoms with van der Waals surface area (Å²) in [6.07, 6.45) is 0. The van der Waals surface area contributed by atoms with Crippen molar-refractivity contribution in [3.8, 4) is 10.4 Å². The molecule has 3 nitrogen and oxygen atoms in total. The van der Waals surface area contributed by atoms with E-state index in [1.807, 2.05) is 0 Å². The van der Waals surface area contributed by atoms with Crippen molar-refractivity contribution in [1.82, 2.24) is 0 Å². The molecule has 0 amide bonds. The second kappa shape index (κ2) is 7.68. The van der Waals surface area contributed by atoms with Crippen LogP contribution in [0.5, 0.6) is 0 Å². The number of halogens is 7. The largest absolute Gasteiger partial charge is 0.741 e. The van der Waals surface area contributed by atoms with Gasteiger partial charge in [0.05, 0.1) is 0 Å². The fraction of sp³-hybridized carbons (Fsp3) is 0.125. The maximum absolute atomic E-state index is 13.4. The van der Waals surface area contributed by atoms with Crippen LogP contribution < -0.4 is 0 Å². The lowest BCUT2D eigenvalue weighted by molar-refractivity contribution is -0.0864. The third-order valence-electron chi connectivity index (χ3n) is 3.27. The molecule has 0 saturated heterocycles. The fourth-order valence-electron chi connectivity index (χ4n) is 2.20. The molecule has 0 aliphatic rings. The Bertz CT molecular complexity index is 1080. The minimum atomic E-state index is -6.09. The van der Waals surface area contributed by atoms with Crippen molar-refractivity contribution in [2.24, 2.45) is 0 Å². The van der Waals surface area contributed by atoms with E-state index in [0.717, 1.165) is 6.07 Å². The van der Waals surface area contributed by atoms with Crippen LogP contribution in [-0.4, -0.2) is 18.5 Å². The summed E-state index contributed by atoms with van der Waals surface area (Å²) < 4.78 is 112. The first kappa shape index (κ1) is 22.1. The van der Waals surface area contributed by atoms with Crippen LogP contribution in [-0.2, 0) is 15.6 Å². The van der Waals surface area contributed by atoms with E-state index in [0.29, 0.717) is 5.39 Å². The van der Waals surface area contributed by atoms with Crippen LogP contribution >= 0.6 is 10.5 Å². The Hall–Kier alpha value is -2.18. The van der Waals surface area contributed by atoms with Crippen molar-refractivity contribution in [3.05, 3.63) is 60.4 Å². The van der Waals surface area contributed by atoms with E-state index in [1.165, 1.54) is 30.3 Å². The topological polar surface area (TPSA) is 57.2 Å². The number of hydrogen-bond donors (Lipinski definition) is 0. The standard InChI is InChI=1S/C15H9F4S.CHF3O3S/c16-12-6-3-5-10(8-12)14-9-11-4-1-2-7-13(11)20(14)15(17,18)19;2-1(3,4)8(5,6)7/h1-9H;(H,5,6,7)/q+1;/p-1. The highest BCUT2D eigenvalue weighted by molar-refractivity contribution is 7.86. The van der Waals surface area contributed by atoms with Gasteiger partial charge in [0.15, 0.2) is 19.7 Å². The van der Waals surface area contributed by atoms with Gasteiger partial charge in [-0.2, -0.15) is 13.2 Å². The first-order valence-electron chi connectivity index (χ1n) is 7.12. The van der Waals surface area contributed by atoms with Gasteiger partial charge in [0, 0.05) is 17.0 Å². The van der Waals surface area contributed by atoms with E-state index in [2.05, 4.69) is 0 Å². The van der Waals surface area contributed by atoms with E-state index < -0.39 is 37.4 Å². The van der Waals surface area contributed by atoms with Crippen LogP contribution in [0.3, 0.4) is 0 Å². The number of rotatable bonds is 1. The second-order valence-electron chi connectivity index (χ2n) is 5.21. The third kappa shape index (κ3) is 5.00. The van der Waals surface area contributed by atoms with Gasteiger partial charge in [-0.15, -0.1) is 13.2 Å². The molecule has 1 heterocycles. The molecule has 3 aromatic rings. The molecule has 1 atom stereocenters. The van der Waals surface area contributed by atoms with Gasteiger partial charge in [-0.05, 0) is 30.3 Å². The first-order valence-corrected chi connectivity index (χ1v) is 9.75. The Kier molecular flexibility index (Phi) is 6.07. The normalized spacial score (nSPS) is 13.2. The Morgan fingerprint density at radius 1 is 0.857 bits per heavy atom. The molecule has 0 bridgehead atoms. The van der Waals surface area contributed by atoms with E-state index >= 15 is 0 Å². The van der Waals surface area contributed by atoms with Crippen molar-refractivity contribution in [2.45, 2.75) is 11.0 Å². The van der Waals surface area contributed by atoms with Gasteiger partial charge in [-0.25, -0.2) is 12.8 Å². The molecule has 1 unspecified atom stereocenters. The monoisotopic (exact) mass is 446 g/mol. The smallest absolute Gasteiger partial charge is 0.601 e. The molecular weight excluding hydrogens is 437 g/mol. The molecule has 2 aromatic carbocycles. The highest BCUT2D eigenvalue weighted by Gasteiger charge is 2.48. The summed E-state index contributed by atoms with van der Waals surface area (Å²) in [7, 11) is -8.11. The molecule has 0 aliphatic carbocycles. The highest BCUT2D eigenvalue weighted by atomic mass is 32.2. The van der Waals surface area contributed by atoms with Crippen molar-refractivity contribution in [1.29, 1.82) is 0 Å². The molecule has 152 valence electrons. The van der Waals surface area contributed by atoms with Crippen LogP contribution in [0.25, 0.3) is 20.5 Å². The van der Waals surface area contributed by atoms with Crippen LogP contribution in [0.15, 0.2) is 54.6 Å².